The lowest BCUT2D eigenvalue weighted by Crippen LogP contribution is -2.51. The van der Waals surface area contributed by atoms with Gasteiger partial charge in [-0.3, -0.25) is 4.79 Å². The van der Waals surface area contributed by atoms with Crippen molar-refractivity contribution in [2.45, 2.75) is 32.4 Å². The lowest BCUT2D eigenvalue weighted by atomic mass is 10.1. The van der Waals surface area contributed by atoms with Crippen molar-refractivity contribution in [3.63, 3.8) is 0 Å². The standard InChI is InChI=1S/C10H21N3O/c1-8(2)12-10(14)6-9-7-13(3)5-4-11-9/h8-9,11H,4-7H2,1-3H3,(H,12,14). The number of hydrogen-bond donors (Lipinski definition) is 2. The van der Waals surface area contributed by atoms with E-state index >= 15 is 0 Å². The minimum absolute atomic E-state index is 0.146. The molecule has 2 N–H and O–H groups in total. The summed E-state index contributed by atoms with van der Waals surface area (Å²) in [4.78, 5) is 13.7. The SMILES string of the molecule is CC(C)NC(=O)CC1CN(C)CCN1. The van der Waals surface area contributed by atoms with Gasteiger partial charge in [0, 0.05) is 38.1 Å². The molecule has 82 valence electrons. The van der Waals surface area contributed by atoms with E-state index in [1.54, 1.807) is 0 Å². The van der Waals surface area contributed by atoms with Gasteiger partial charge in [0.25, 0.3) is 0 Å². The average molecular weight is 199 g/mol. The van der Waals surface area contributed by atoms with Crippen molar-refractivity contribution in [2.75, 3.05) is 26.7 Å². The Bertz CT molecular complexity index is 194. The second-order valence-electron chi connectivity index (χ2n) is 4.34. The molecule has 1 aliphatic heterocycles. The summed E-state index contributed by atoms with van der Waals surface area (Å²) in [5.74, 6) is 0.146. The molecule has 1 unspecified atom stereocenters. The Morgan fingerprint density at radius 1 is 1.64 bits per heavy atom. The minimum atomic E-state index is 0.146. The van der Waals surface area contributed by atoms with Crippen molar-refractivity contribution in [3.8, 4) is 0 Å². The van der Waals surface area contributed by atoms with Crippen molar-refractivity contribution in [3.05, 3.63) is 0 Å². The van der Waals surface area contributed by atoms with Crippen LogP contribution < -0.4 is 10.6 Å². The van der Waals surface area contributed by atoms with E-state index in [1.807, 2.05) is 13.8 Å². The third-order valence-corrected chi connectivity index (χ3v) is 2.34. The number of carbonyl (C=O) groups excluding carboxylic acids is 1. The van der Waals surface area contributed by atoms with E-state index in [9.17, 15) is 4.79 Å². The summed E-state index contributed by atoms with van der Waals surface area (Å²) in [7, 11) is 2.09. The smallest absolute Gasteiger partial charge is 0.221 e. The number of likely N-dealkylation sites (N-methyl/N-ethyl adjacent to an activating group) is 1. The Balaban J connectivity index is 2.25. The Morgan fingerprint density at radius 3 is 2.93 bits per heavy atom. The van der Waals surface area contributed by atoms with Gasteiger partial charge in [0.1, 0.15) is 0 Å². The van der Waals surface area contributed by atoms with Crippen LogP contribution in [0.4, 0.5) is 0 Å². The maximum Gasteiger partial charge on any atom is 0.221 e. The molecule has 1 aliphatic rings. The highest BCUT2D eigenvalue weighted by atomic mass is 16.1. The molecular weight excluding hydrogens is 178 g/mol. The topological polar surface area (TPSA) is 44.4 Å². The second-order valence-corrected chi connectivity index (χ2v) is 4.34. The van der Waals surface area contributed by atoms with Crippen molar-refractivity contribution in [1.29, 1.82) is 0 Å². The monoisotopic (exact) mass is 199 g/mol. The molecule has 1 rings (SSSR count). The summed E-state index contributed by atoms with van der Waals surface area (Å²) < 4.78 is 0. The van der Waals surface area contributed by atoms with Crippen LogP contribution in [-0.2, 0) is 4.79 Å². The molecular formula is C10H21N3O. The Hall–Kier alpha value is -0.610. The van der Waals surface area contributed by atoms with E-state index in [-0.39, 0.29) is 11.9 Å². The quantitative estimate of drug-likeness (QED) is 0.662. The van der Waals surface area contributed by atoms with Crippen LogP contribution in [0.15, 0.2) is 0 Å². The fourth-order valence-electron chi connectivity index (χ4n) is 1.73. The molecule has 4 heteroatoms. The van der Waals surface area contributed by atoms with E-state index in [2.05, 4.69) is 22.6 Å². The van der Waals surface area contributed by atoms with Crippen LogP contribution in [0.2, 0.25) is 0 Å². The van der Waals surface area contributed by atoms with Crippen molar-refractivity contribution in [2.24, 2.45) is 0 Å². The van der Waals surface area contributed by atoms with Gasteiger partial charge in [0.2, 0.25) is 5.91 Å². The molecule has 1 saturated heterocycles. The molecule has 0 aromatic rings. The largest absolute Gasteiger partial charge is 0.354 e. The molecule has 1 atom stereocenters. The van der Waals surface area contributed by atoms with Crippen LogP contribution in [0.25, 0.3) is 0 Å². The molecule has 0 radical (unpaired) electrons. The van der Waals surface area contributed by atoms with Crippen molar-refractivity contribution >= 4 is 5.91 Å². The summed E-state index contributed by atoms with van der Waals surface area (Å²) in [6.07, 6.45) is 0.586. The van der Waals surface area contributed by atoms with Crippen LogP contribution in [0, 0.1) is 0 Å². The number of nitrogens with one attached hydrogen (secondary N) is 2. The van der Waals surface area contributed by atoms with Crippen LogP contribution in [0.1, 0.15) is 20.3 Å². The van der Waals surface area contributed by atoms with E-state index < -0.39 is 0 Å². The van der Waals surface area contributed by atoms with Gasteiger partial charge in [-0.2, -0.15) is 0 Å². The molecule has 0 aromatic carbocycles. The summed E-state index contributed by atoms with van der Waals surface area (Å²) in [6, 6.07) is 0.552. The first-order chi connectivity index (χ1) is 6.58. The van der Waals surface area contributed by atoms with Gasteiger partial charge in [-0.05, 0) is 20.9 Å². The van der Waals surface area contributed by atoms with Gasteiger partial charge in [-0.25, -0.2) is 0 Å². The first kappa shape index (κ1) is 11.5. The van der Waals surface area contributed by atoms with E-state index in [0.717, 1.165) is 19.6 Å². The van der Waals surface area contributed by atoms with Crippen LogP contribution in [0.3, 0.4) is 0 Å². The molecule has 1 fully saturated rings. The normalized spacial score (nSPS) is 23.9. The van der Waals surface area contributed by atoms with E-state index in [1.165, 1.54) is 0 Å². The maximum absolute atomic E-state index is 11.5. The number of amides is 1. The van der Waals surface area contributed by atoms with E-state index in [4.69, 9.17) is 0 Å². The fourth-order valence-corrected chi connectivity index (χ4v) is 1.73. The highest BCUT2D eigenvalue weighted by Crippen LogP contribution is 2.00. The molecule has 0 bridgehead atoms. The van der Waals surface area contributed by atoms with Gasteiger partial charge in [-0.15, -0.1) is 0 Å². The lowest BCUT2D eigenvalue weighted by molar-refractivity contribution is -0.122. The van der Waals surface area contributed by atoms with Crippen LogP contribution >= 0.6 is 0 Å². The molecule has 0 spiro atoms. The molecule has 0 aliphatic carbocycles. The number of hydrogen-bond acceptors (Lipinski definition) is 3. The Kier molecular flexibility index (Phi) is 4.35. The zero-order valence-electron chi connectivity index (χ0n) is 9.34. The van der Waals surface area contributed by atoms with Gasteiger partial charge < -0.3 is 15.5 Å². The Morgan fingerprint density at radius 2 is 2.36 bits per heavy atom. The Labute approximate surface area is 86.0 Å². The molecule has 4 nitrogen and oxygen atoms in total. The molecule has 0 aromatic heterocycles. The van der Waals surface area contributed by atoms with Crippen molar-refractivity contribution in [1.82, 2.24) is 15.5 Å². The van der Waals surface area contributed by atoms with Gasteiger partial charge >= 0.3 is 0 Å². The summed E-state index contributed by atoms with van der Waals surface area (Å²) >= 11 is 0. The average Bonchev–Trinajstić information content (AvgIpc) is 2.01. The fraction of sp³-hybridized carbons (Fsp3) is 0.900. The number of rotatable bonds is 3. The van der Waals surface area contributed by atoms with Crippen molar-refractivity contribution < 1.29 is 4.79 Å². The van der Waals surface area contributed by atoms with Gasteiger partial charge in [-0.1, -0.05) is 0 Å². The first-order valence-corrected chi connectivity index (χ1v) is 5.29. The van der Waals surface area contributed by atoms with Crippen LogP contribution in [-0.4, -0.2) is 49.6 Å². The summed E-state index contributed by atoms with van der Waals surface area (Å²) in [5.41, 5.74) is 0. The molecule has 1 amide bonds. The third-order valence-electron chi connectivity index (χ3n) is 2.34. The van der Waals surface area contributed by atoms with Crippen LogP contribution in [0.5, 0.6) is 0 Å². The maximum atomic E-state index is 11.5. The summed E-state index contributed by atoms with van der Waals surface area (Å²) in [6.45, 7) is 6.99. The van der Waals surface area contributed by atoms with Gasteiger partial charge in [0.05, 0.1) is 0 Å². The summed E-state index contributed by atoms with van der Waals surface area (Å²) in [5, 5.41) is 6.26. The zero-order valence-corrected chi connectivity index (χ0v) is 9.34. The minimum Gasteiger partial charge on any atom is -0.354 e. The zero-order chi connectivity index (χ0) is 10.6. The first-order valence-electron chi connectivity index (χ1n) is 5.29. The third kappa shape index (κ3) is 4.07. The molecule has 14 heavy (non-hydrogen) atoms. The lowest BCUT2D eigenvalue weighted by Gasteiger charge is -2.30. The highest BCUT2D eigenvalue weighted by molar-refractivity contribution is 5.76. The predicted octanol–water partition coefficient (Wildman–Crippen LogP) is -0.195. The highest BCUT2D eigenvalue weighted by Gasteiger charge is 2.19. The second kappa shape index (κ2) is 5.32. The number of nitrogens with zero attached hydrogens (tertiary/aromatic N) is 1. The number of carbonyl (C=O) groups is 1. The molecule has 1 heterocycles. The van der Waals surface area contributed by atoms with Gasteiger partial charge in [0.15, 0.2) is 0 Å². The van der Waals surface area contributed by atoms with E-state index in [0.29, 0.717) is 12.5 Å². The number of piperazine rings is 1. The molecule has 0 saturated carbocycles. The predicted molar refractivity (Wildman–Crippen MR) is 57.2 cm³/mol.